The van der Waals surface area contributed by atoms with E-state index >= 15 is 0 Å². The van der Waals surface area contributed by atoms with Crippen molar-refractivity contribution in [3.05, 3.63) is 27.6 Å². The van der Waals surface area contributed by atoms with Crippen LogP contribution in [0.1, 0.15) is 29.5 Å². The minimum absolute atomic E-state index is 0.140. The van der Waals surface area contributed by atoms with Crippen LogP contribution in [0.2, 0.25) is 0 Å². The zero-order valence-corrected chi connectivity index (χ0v) is 9.86. The van der Waals surface area contributed by atoms with Crippen LogP contribution in [0, 0.1) is 18.3 Å². The maximum Gasteiger partial charge on any atom is 0.252 e. The van der Waals surface area contributed by atoms with Crippen LogP contribution in [0.5, 0.6) is 0 Å². The standard InChI is InChI=1S/C11H11N3O4/c1-6-5-8(16)10(7(2)15)11(18-6)14-13-9(17)3-4-12/h5,14H,3H2,1-2H3,(H,13,17). The van der Waals surface area contributed by atoms with Crippen LogP contribution in [0.25, 0.3) is 0 Å². The molecule has 0 fully saturated rings. The molecular weight excluding hydrogens is 238 g/mol. The summed E-state index contributed by atoms with van der Waals surface area (Å²) in [4.78, 5) is 34.0. The summed E-state index contributed by atoms with van der Waals surface area (Å²) >= 11 is 0. The molecular formula is C11H11N3O4. The van der Waals surface area contributed by atoms with Crippen LogP contribution in [0.4, 0.5) is 5.88 Å². The van der Waals surface area contributed by atoms with E-state index in [-0.39, 0.29) is 17.9 Å². The van der Waals surface area contributed by atoms with Crippen molar-refractivity contribution in [2.75, 3.05) is 5.43 Å². The van der Waals surface area contributed by atoms with Gasteiger partial charge in [0.25, 0.3) is 5.91 Å². The van der Waals surface area contributed by atoms with Crippen molar-refractivity contribution < 1.29 is 14.0 Å². The van der Waals surface area contributed by atoms with Gasteiger partial charge in [-0.2, -0.15) is 5.26 Å². The quantitative estimate of drug-likeness (QED) is 0.593. The lowest BCUT2D eigenvalue weighted by Crippen LogP contribution is -2.31. The van der Waals surface area contributed by atoms with E-state index in [2.05, 4.69) is 10.9 Å². The fourth-order valence-electron chi connectivity index (χ4n) is 1.27. The molecule has 1 aromatic heterocycles. The molecule has 0 saturated carbocycles. The fraction of sp³-hybridized carbons (Fsp3) is 0.273. The van der Waals surface area contributed by atoms with Crippen molar-refractivity contribution in [3.63, 3.8) is 0 Å². The second-order valence-corrected chi connectivity index (χ2v) is 3.49. The summed E-state index contributed by atoms with van der Waals surface area (Å²) in [5, 5.41) is 8.30. The highest BCUT2D eigenvalue weighted by Gasteiger charge is 2.15. The van der Waals surface area contributed by atoms with E-state index in [1.54, 1.807) is 6.07 Å². The lowest BCUT2D eigenvalue weighted by atomic mass is 10.2. The van der Waals surface area contributed by atoms with Crippen LogP contribution >= 0.6 is 0 Å². The first-order chi connectivity index (χ1) is 8.45. The van der Waals surface area contributed by atoms with Gasteiger partial charge in [0.1, 0.15) is 17.7 Å². The molecule has 1 heterocycles. The Morgan fingerprint density at radius 3 is 2.72 bits per heavy atom. The van der Waals surface area contributed by atoms with Crippen molar-refractivity contribution in [1.29, 1.82) is 5.26 Å². The minimum Gasteiger partial charge on any atom is -0.443 e. The van der Waals surface area contributed by atoms with Gasteiger partial charge in [0.2, 0.25) is 5.88 Å². The third kappa shape index (κ3) is 3.18. The van der Waals surface area contributed by atoms with Crippen molar-refractivity contribution in [1.82, 2.24) is 5.43 Å². The molecule has 2 N–H and O–H groups in total. The first kappa shape index (κ1) is 13.4. The van der Waals surface area contributed by atoms with Gasteiger partial charge in [0.05, 0.1) is 6.07 Å². The summed E-state index contributed by atoms with van der Waals surface area (Å²) < 4.78 is 5.15. The molecule has 0 aliphatic heterocycles. The number of hydrogen-bond donors (Lipinski definition) is 2. The Labute approximate surface area is 102 Å². The van der Waals surface area contributed by atoms with Crippen molar-refractivity contribution in [3.8, 4) is 6.07 Å². The highest BCUT2D eigenvalue weighted by atomic mass is 16.4. The molecule has 7 heteroatoms. The molecule has 0 aliphatic rings. The average Bonchev–Trinajstić information content (AvgIpc) is 2.25. The largest absolute Gasteiger partial charge is 0.443 e. The molecule has 0 saturated heterocycles. The Morgan fingerprint density at radius 2 is 2.17 bits per heavy atom. The van der Waals surface area contributed by atoms with E-state index in [0.29, 0.717) is 5.76 Å². The molecule has 0 aliphatic carbocycles. The molecule has 0 aromatic carbocycles. The van der Waals surface area contributed by atoms with E-state index in [1.807, 2.05) is 0 Å². The zero-order chi connectivity index (χ0) is 13.7. The summed E-state index contributed by atoms with van der Waals surface area (Å²) in [5.41, 5.74) is 3.80. The summed E-state index contributed by atoms with van der Waals surface area (Å²) in [6.07, 6.45) is -0.349. The van der Waals surface area contributed by atoms with E-state index in [1.165, 1.54) is 19.9 Å². The van der Waals surface area contributed by atoms with Gasteiger partial charge < -0.3 is 4.42 Å². The van der Waals surface area contributed by atoms with Crippen molar-refractivity contribution >= 4 is 17.6 Å². The number of carbonyl (C=O) groups is 2. The topological polar surface area (TPSA) is 112 Å². The smallest absolute Gasteiger partial charge is 0.252 e. The number of carbonyl (C=O) groups excluding carboxylic acids is 2. The van der Waals surface area contributed by atoms with Crippen LogP contribution in [0.3, 0.4) is 0 Å². The van der Waals surface area contributed by atoms with Gasteiger partial charge >= 0.3 is 0 Å². The van der Waals surface area contributed by atoms with Crippen LogP contribution in [-0.4, -0.2) is 11.7 Å². The number of Topliss-reactive ketones (excluding diaryl/α,β-unsaturated/α-hetero) is 1. The maximum absolute atomic E-state index is 11.6. The highest BCUT2D eigenvalue weighted by molar-refractivity contribution is 5.98. The fourth-order valence-corrected chi connectivity index (χ4v) is 1.27. The number of anilines is 1. The van der Waals surface area contributed by atoms with Gasteiger partial charge in [-0.1, -0.05) is 0 Å². The number of amides is 1. The monoisotopic (exact) mass is 249 g/mol. The van der Waals surface area contributed by atoms with E-state index in [9.17, 15) is 14.4 Å². The molecule has 18 heavy (non-hydrogen) atoms. The van der Waals surface area contributed by atoms with Crippen molar-refractivity contribution in [2.45, 2.75) is 20.3 Å². The van der Waals surface area contributed by atoms with Gasteiger partial charge in [-0.15, -0.1) is 0 Å². The number of nitrogens with zero attached hydrogens (tertiary/aromatic N) is 1. The molecule has 1 amide bonds. The van der Waals surface area contributed by atoms with Crippen LogP contribution in [0.15, 0.2) is 15.3 Å². The Bertz CT molecular complexity index is 583. The van der Waals surface area contributed by atoms with Gasteiger partial charge in [0, 0.05) is 6.07 Å². The van der Waals surface area contributed by atoms with Gasteiger partial charge in [-0.05, 0) is 13.8 Å². The summed E-state index contributed by atoms with van der Waals surface area (Å²) in [7, 11) is 0. The van der Waals surface area contributed by atoms with Gasteiger partial charge in [-0.3, -0.25) is 25.2 Å². The number of nitriles is 1. The molecule has 0 bridgehead atoms. The van der Waals surface area contributed by atoms with Crippen LogP contribution in [-0.2, 0) is 4.79 Å². The highest BCUT2D eigenvalue weighted by Crippen LogP contribution is 2.13. The third-order valence-corrected chi connectivity index (χ3v) is 1.98. The summed E-state index contributed by atoms with van der Waals surface area (Å²) in [5.74, 6) is -0.933. The predicted octanol–water partition coefficient (Wildman–Crippen LogP) is 0.508. The number of hydrazine groups is 1. The Kier molecular flexibility index (Phi) is 4.21. The Balaban J connectivity index is 3.01. The maximum atomic E-state index is 11.6. The van der Waals surface area contributed by atoms with Crippen LogP contribution < -0.4 is 16.3 Å². The summed E-state index contributed by atoms with van der Waals surface area (Å²) in [6.45, 7) is 2.75. The second kappa shape index (κ2) is 5.63. The number of rotatable bonds is 4. The summed E-state index contributed by atoms with van der Waals surface area (Å²) in [6, 6.07) is 2.83. The zero-order valence-electron chi connectivity index (χ0n) is 9.86. The molecule has 0 spiro atoms. The number of ketones is 1. The first-order valence-electron chi connectivity index (χ1n) is 5.03. The Morgan fingerprint density at radius 1 is 1.50 bits per heavy atom. The minimum atomic E-state index is -0.601. The van der Waals surface area contributed by atoms with Gasteiger partial charge in [-0.25, -0.2) is 0 Å². The number of hydrogen-bond acceptors (Lipinski definition) is 6. The molecule has 0 atom stereocenters. The number of nitrogens with one attached hydrogen (secondary N) is 2. The Hall–Kier alpha value is -2.62. The second-order valence-electron chi connectivity index (χ2n) is 3.49. The van der Waals surface area contributed by atoms with Gasteiger partial charge in [0.15, 0.2) is 11.2 Å². The SMILES string of the molecule is CC(=O)c1c(NNC(=O)CC#N)oc(C)cc1=O. The van der Waals surface area contributed by atoms with E-state index in [0.717, 1.165) is 0 Å². The van der Waals surface area contributed by atoms with Crippen molar-refractivity contribution in [2.24, 2.45) is 0 Å². The number of aryl methyl sites for hydroxylation is 1. The van der Waals surface area contributed by atoms with E-state index < -0.39 is 17.1 Å². The first-order valence-corrected chi connectivity index (χ1v) is 5.03. The lowest BCUT2D eigenvalue weighted by molar-refractivity contribution is -0.119. The molecule has 0 unspecified atom stereocenters. The van der Waals surface area contributed by atoms with E-state index in [4.69, 9.17) is 9.68 Å². The normalized spacial score (nSPS) is 9.39. The lowest BCUT2D eigenvalue weighted by Gasteiger charge is -2.09. The molecule has 1 rings (SSSR count). The molecule has 7 nitrogen and oxygen atoms in total. The molecule has 94 valence electrons. The molecule has 0 radical (unpaired) electrons. The predicted molar refractivity (Wildman–Crippen MR) is 61.7 cm³/mol. The average molecular weight is 249 g/mol. The third-order valence-electron chi connectivity index (χ3n) is 1.98. The molecule has 1 aromatic rings.